The van der Waals surface area contributed by atoms with E-state index < -0.39 is 11.6 Å². The van der Waals surface area contributed by atoms with E-state index in [4.69, 9.17) is 16.3 Å². The van der Waals surface area contributed by atoms with E-state index in [1.165, 1.54) is 0 Å². The minimum Gasteiger partial charge on any atom is -0.372 e. The fraction of sp³-hybridized carbons (Fsp3) is 0.379. The van der Waals surface area contributed by atoms with Crippen molar-refractivity contribution in [3.63, 3.8) is 0 Å². The summed E-state index contributed by atoms with van der Waals surface area (Å²) in [6, 6.07) is 8.34. The number of ether oxygens (including phenoxy) is 1. The first-order valence-electron chi connectivity index (χ1n) is 13.1. The summed E-state index contributed by atoms with van der Waals surface area (Å²) in [7, 11) is 0. The van der Waals surface area contributed by atoms with Crippen LogP contribution in [0.1, 0.15) is 43.2 Å². The monoisotopic (exact) mass is 548 g/mol. The Balaban J connectivity index is 1.37. The highest BCUT2D eigenvalue weighted by molar-refractivity contribution is 6.33. The molecule has 0 bridgehead atoms. The molecule has 9 nitrogen and oxygen atoms in total. The number of carbonyl (C=O) groups is 2. The Morgan fingerprint density at radius 1 is 1.26 bits per heavy atom. The summed E-state index contributed by atoms with van der Waals surface area (Å²) >= 11 is 6.45. The molecule has 10 heteroatoms. The van der Waals surface area contributed by atoms with E-state index >= 15 is 0 Å². The maximum Gasteiger partial charge on any atom is 0.253 e. The van der Waals surface area contributed by atoms with Crippen molar-refractivity contribution >= 4 is 50.9 Å². The predicted molar refractivity (Wildman–Crippen MR) is 153 cm³/mol. The summed E-state index contributed by atoms with van der Waals surface area (Å²) in [4.78, 5) is 40.6. The minimum atomic E-state index is -0.552. The van der Waals surface area contributed by atoms with Crippen LogP contribution in [0.25, 0.3) is 21.8 Å². The fourth-order valence-electron chi connectivity index (χ4n) is 5.17. The average molecular weight is 549 g/mol. The van der Waals surface area contributed by atoms with Gasteiger partial charge in [0.2, 0.25) is 5.91 Å². The van der Waals surface area contributed by atoms with E-state index in [0.29, 0.717) is 41.5 Å². The van der Waals surface area contributed by atoms with Gasteiger partial charge in [-0.05, 0) is 57.5 Å². The second-order valence-electron chi connectivity index (χ2n) is 10.6. The number of amides is 2. The highest BCUT2D eigenvalue weighted by atomic mass is 35.5. The fourth-order valence-corrected chi connectivity index (χ4v) is 5.39. The second kappa shape index (κ2) is 10.9. The topological polar surface area (TPSA) is 112 Å². The summed E-state index contributed by atoms with van der Waals surface area (Å²) in [6.45, 7) is 9.11. The summed E-state index contributed by atoms with van der Waals surface area (Å²) in [5, 5.41) is 8.63. The van der Waals surface area contributed by atoms with Gasteiger partial charge in [-0.2, -0.15) is 0 Å². The Morgan fingerprint density at radius 2 is 2.08 bits per heavy atom. The van der Waals surface area contributed by atoms with Gasteiger partial charge in [-0.1, -0.05) is 18.5 Å². The number of benzene rings is 1. The number of hydrogen-bond donors (Lipinski definition) is 3. The molecule has 39 heavy (non-hydrogen) atoms. The zero-order valence-corrected chi connectivity index (χ0v) is 23.3. The third kappa shape index (κ3) is 5.75. The van der Waals surface area contributed by atoms with Gasteiger partial charge in [-0.25, -0.2) is 0 Å². The van der Waals surface area contributed by atoms with Gasteiger partial charge in [0.1, 0.15) is 6.04 Å². The summed E-state index contributed by atoms with van der Waals surface area (Å²) in [6.07, 6.45) is 5.85. The lowest BCUT2D eigenvalue weighted by Gasteiger charge is -2.44. The van der Waals surface area contributed by atoms with E-state index in [9.17, 15) is 9.59 Å². The molecule has 0 aliphatic carbocycles. The van der Waals surface area contributed by atoms with E-state index in [2.05, 4.69) is 30.5 Å². The molecule has 2 atom stereocenters. The molecule has 0 radical (unpaired) electrons. The van der Waals surface area contributed by atoms with Crippen LogP contribution >= 0.6 is 11.6 Å². The molecular weight excluding hydrogens is 516 g/mol. The third-order valence-electron chi connectivity index (χ3n) is 7.23. The van der Waals surface area contributed by atoms with Crippen LogP contribution in [0.4, 0.5) is 5.69 Å². The molecule has 3 N–H and O–H groups in total. The number of H-pyrrole nitrogens is 1. The molecule has 4 aromatic rings. The second-order valence-corrected chi connectivity index (χ2v) is 11.1. The normalized spacial score (nSPS) is 18.2. The number of anilines is 1. The van der Waals surface area contributed by atoms with Gasteiger partial charge >= 0.3 is 0 Å². The van der Waals surface area contributed by atoms with Gasteiger partial charge in [0.25, 0.3) is 5.91 Å². The van der Waals surface area contributed by atoms with Gasteiger partial charge < -0.3 is 20.4 Å². The van der Waals surface area contributed by atoms with Gasteiger partial charge in [0.15, 0.2) is 0 Å². The molecule has 1 aromatic carbocycles. The predicted octanol–water partition coefficient (Wildman–Crippen LogP) is 4.70. The number of carbonyl (C=O) groups excluding carboxylic acids is 2. The van der Waals surface area contributed by atoms with Crippen molar-refractivity contribution in [1.82, 2.24) is 25.2 Å². The average Bonchev–Trinajstić information content (AvgIpc) is 3.26. The molecule has 2 amide bonds. The van der Waals surface area contributed by atoms with Crippen molar-refractivity contribution < 1.29 is 14.3 Å². The first-order chi connectivity index (χ1) is 18.6. The Labute approximate surface area is 232 Å². The zero-order valence-electron chi connectivity index (χ0n) is 22.5. The van der Waals surface area contributed by atoms with E-state index in [0.717, 1.165) is 21.8 Å². The number of nitrogens with zero attached hydrogens (tertiary/aromatic N) is 3. The quantitative estimate of drug-likeness (QED) is 0.309. The highest BCUT2D eigenvalue weighted by Crippen LogP contribution is 2.33. The molecule has 4 heterocycles. The number of aryl methyl sites for hydroxylation is 1. The van der Waals surface area contributed by atoms with Crippen LogP contribution in [0.5, 0.6) is 0 Å². The third-order valence-corrected chi connectivity index (χ3v) is 7.44. The number of aromatic nitrogens is 3. The zero-order chi connectivity index (χ0) is 27.7. The first kappa shape index (κ1) is 27.1. The Bertz CT molecular complexity index is 1530. The van der Waals surface area contributed by atoms with Crippen molar-refractivity contribution in [2.24, 2.45) is 0 Å². The van der Waals surface area contributed by atoms with Gasteiger partial charge in [-0.15, -0.1) is 0 Å². The minimum absolute atomic E-state index is 0.166. The number of halogens is 1. The van der Waals surface area contributed by atoms with E-state index in [1.54, 1.807) is 36.8 Å². The number of hydrogen-bond acceptors (Lipinski definition) is 6. The SMILES string of the molecule is CC[C@@H](CN1CC(C)(C)OC[C@H]1C(=O)Nc1cc(Cl)cc2c1[nH]c1cnccc12)NC(=O)c1cccnc1C. The van der Waals surface area contributed by atoms with Crippen LogP contribution < -0.4 is 10.6 Å². The smallest absolute Gasteiger partial charge is 0.253 e. The van der Waals surface area contributed by atoms with Crippen molar-refractivity contribution in [3.05, 3.63) is 65.2 Å². The van der Waals surface area contributed by atoms with Crippen LogP contribution in [0.3, 0.4) is 0 Å². The van der Waals surface area contributed by atoms with Crippen molar-refractivity contribution in [2.75, 3.05) is 25.0 Å². The molecule has 3 aromatic heterocycles. The number of fused-ring (bicyclic) bond motifs is 3. The molecule has 5 rings (SSSR count). The van der Waals surface area contributed by atoms with Crippen molar-refractivity contribution in [2.45, 2.75) is 51.8 Å². The van der Waals surface area contributed by atoms with Crippen molar-refractivity contribution in [3.8, 4) is 0 Å². The molecule has 1 aliphatic rings. The standard InChI is InChI=1S/C29H33ClN6O3/c1-5-19(33-27(37)20-7-6-9-32-17(20)2)14-36-16-29(3,4)39-15-25(36)28(38)35-23-12-18(30)11-22-21-8-10-31-13-24(21)34-26(22)23/h6-13,19,25,34H,5,14-16H2,1-4H3,(H,33,37)(H,35,38)/t19-,25-/m0/s1. The summed E-state index contributed by atoms with van der Waals surface area (Å²) in [5.41, 5.74) is 3.02. The van der Waals surface area contributed by atoms with Crippen LogP contribution in [-0.4, -0.2) is 69.0 Å². The molecule has 1 aliphatic heterocycles. The maximum atomic E-state index is 13.7. The molecule has 0 saturated carbocycles. The van der Waals surface area contributed by atoms with Crippen LogP contribution in [0, 0.1) is 6.92 Å². The lowest BCUT2D eigenvalue weighted by atomic mass is 10.0. The molecule has 204 valence electrons. The number of pyridine rings is 2. The van der Waals surface area contributed by atoms with Crippen LogP contribution in [0.2, 0.25) is 5.02 Å². The lowest BCUT2D eigenvalue weighted by Crippen LogP contribution is -2.60. The van der Waals surface area contributed by atoms with Crippen molar-refractivity contribution in [1.29, 1.82) is 0 Å². The van der Waals surface area contributed by atoms with Gasteiger partial charge in [0, 0.05) is 53.0 Å². The molecule has 1 saturated heterocycles. The number of rotatable bonds is 7. The Morgan fingerprint density at radius 3 is 2.85 bits per heavy atom. The molecular formula is C29H33ClN6O3. The Kier molecular flexibility index (Phi) is 7.57. The lowest BCUT2D eigenvalue weighted by molar-refractivity contribution is -0.143. The van der Waals surface area contributed by atoms with Gasteiger partial charge in [-0.3, -0.25) is 24.5 Å². The highest BCUT2D eigenvalue weighted by Gasteiger charge is 2.38. The van der Waals surface area contributed by atoms with E-state index in [-0.39, 0.29) is 24.5 Å². The first-order valence-corrected chi connectivity index (χ1v) is 13.5. The Hall–Kier alpha value is -3.53. The summed E-state index contributed by atoms with van der Waals surface area (Å²) in [5.74, 6) is -0.370. The number of morpholine rings is 1. The maximum absolute atomic E-state index is 13.7. The molecule has 0 spiro atoms. The largest absolute Gasteiger partial charge is 0.372 e. The molecule has 0 unspecified atom stereocenters. The van der Waals surface area contributed by atoms with E-state index in [1.807, 2.05) is 39.8 Å². The van der Waals surface area contributed by atoms with Gasteiger partial charge in [0.05, 0.1) is 40.7 Å². The summed E-state index contributed by atoms with van der Waals surface area (Å²) < 4.78 is 6.07. The number of aromatic amines is 1. The van der Waals surface area contributed by atoms with Crippen LogP contribution in [0.15, 0.2) is 48.9 Å². The van der Waals surface area contributed by atoms with Crippen LogP contribution in [-0.2, 0) is 9.53 Å². The molecule has 1 fully saturated rings. The number of nitrogens with one attached hydrogen (secondary N) is 3.